The second-order valence-corrected chi connectivity index (χ2v) is 4.75. The summed E-state index contributed by atoms with van der Waals surface area (Å²) in [5, 5.41) is 21.2. The molecule has 7 nitrogen and oxygen atoms in total. The van der Waals surface area contributed by atoms with Crippen molar-refractivity contribution < 1.29 is 9.72 Å². The third-order valence-electron chi connectivity index (χ3n) is 3.22. The topological polar surface area (TPSA) is 101 Å². The number of aromatic amines is 1. The Labute approximate surface area is 125 Å². The number of nitro groups is 1. The molecule has 3 rings (SSSR count). The number of hydrogen-bond donors (Lipinski definition) is 2. The van der Waals surface area contributed by atoms with E-state index in [1.54, 1.807) is 6.07 Å². The van der Waals surface area contributed by atoms with Crippen LogP contribution < -0.4 is 5.32 Å². The van der Waals surface area contributed by atoms with Gasteiger partial charge in [-0.05, 0) is 12.1 Å². The molecular weight excluding hydrogens is 284 g/mol. The van der Waals surface area contributed by atoms with Crippen LogP contribution in [0.4, 0.5) is 11.4 Å². The van der Waals surface area contributed by atoms with Crippen molar-refractivity contribution in [1.82, 2.24) is 10.2 Å². The standard InChI is InChI=1S/C15H12N4O3/c20-15(16-10-4-3-5-11(8-10)19(21)22)9-14-12-6-1-2-7-13(12)17-18-14/h1-8H,9H2,(H,16,20)(H,17,18). The first-order valence-electron chi connectivity index (χ1n) is 6.60. The lowest BCUT2D eigenvalue weighted by Gasteiger charge is -2.04. The second kappa shape index (κ2) is 5.65. The first-order valence-corrected chi connectivity index (χ1v) is 6.60. The highest BCUT2D eigenvalue weighted by atomic mass is 16.6. The van der Waals surface area contributed by atoms with Crippen LogP contribution in [0, 0.1) is 10.1 Å². The Balaban J connectivity index is 1.75. The molecule has 7 heteroatoms. The fourth-order valence-electron chi connectivity index (χ4n) is 2.21. The molecule has 0 saturated carbocycles. The highest BCUT2D eigenvalue weighted by Gasteiger charge is 2.11. The number of non-ortho nitro benzene ring substituents is 1. The molecule has 3 aromatic rings. The quantitative estimate of drug-likeness (QED) is 0.570. The zero-order valence-electron chi connectivity index (χ0n) is 11.4. The second-order valence-electron chi connectivity index (χ2n) is 4.75. The van der Waals surface area contributed by atoms with E-state index in [0.29, 0.717) is 11.4 Å². The Morgan fingerprint density at radius 1 is 1.23 bits per heavy atom. The predicted molar refractivity (Wildman–Crippen MR) is 81.5 cm³/mol. The predicted octanol–water partition coefficient (Wildman–Crippen LogP) is 2.65. The zero-order valence-corrected chi connectivity index (χ0v) is 11.4. The van der Waals surface area contributed by atoms with Crippen molar-refractivity contribution in [3.63, 3.8) is 0 Å². The smallest absolute Gasteiger partial charge is 0.271 e. The fourth-order valence-corrected chi connectivity index (χ4v) is 2.21. The number of nitrogens with zero attached hydrogens (tertiary/aromatic N) is 2. The van der Waals surface area contributed by atoms with Crippen molar-refractivity contribution in [2.24, 2.45) is 0 Å². The number of nitrogens with one attached hydrogen (secondary N) is 2. The zero-order chi connectivity index (χ0) is 15.5. The minimum atomic E-state index is -0.502. The van der Waals surface area contributed by atoms with Crippen LogP contribution in [0.1, 0.15) is 5.69 Å². The molecular formula is C15H12N4O3. The highest BCUT2D eigenvalue weighted by molar-refractivity contribution is 5.95. The summed E-state index contributed by atoms with van der Waals surface area (Å²) in [5.74, 6) is -0.269. The van der Waals surface area contributed by atoms with E-state index in [2.05, 4.69) is 15.5 Å². The number of carbonyl (C=O) groups is 1. The summed E-state index contributed by atoms with van der Waals surface area (Å²) in [6, 6.07) is 13.3. The summed E-state index contributed by atoms with van der Waals surface area (Å²) < 4.78 is 0. The van der Waals surface area contributed by atoms with E-state index >= 15 is 0 Å². The Kier molecular flexibility index (Phi) is 3.53. The first-order chi connectivity index (χ1) is 10.6. The average molecular weight is 296 g/mol. The molecule has 1 heterocycles. The summed E-state index contributed by atoms with van der Waals surface area (Å²) in [6.45, 7) is 0. The van der Waals surface area contributed by atoms with E-state index in [4.69, 9.17) is 0 Å². The van der Waals surface area contributed by atoms with Crippen molar-refractivity contribution in [3.05, 3.63) is 64.3 Å². The summed E-state index contributed by atoms with van der Waals surface area (Å²) in [7, 11) is 0. The van der Waals surface area contributed by atoms with E-state index in [1.165, 1.54) is 18.2 Å². The van der Waals surface area contributed by atoms with Gasteiger partial charge in [-0.15, -0.1) is 0 Å². The first kappa shape index (κ1) is 13.7. The van der Waals surface area contributed by atoms with Gasteiger partial charge in [-0.25, -0.2) is 0 Å². The van der Waals surface area contributed by atoms with Gasteiger partial charge < -0.3 is 5.32 Å². The Morgan fingerprint density at radius 3 is 2.86 bits per heavy atom. The number of benzene rings is 2. The van der Waals surface area contributed by atoms with Gasteiger partial charge >= 0.3 is 0 Å². The maximum atomic E-state index is 12.1. The third kappa shape index (κ3) is 2.78. The van der Waals surface area contributed by atoms with Crippen LogP contribution in [0.5, 0.6) is 0 Å². The van der Waals surface area contributed by atoms with Gasteiger partial charge in [0.2, 0.25) is 5.91 Å². The van der Waals surface area contributed by atoms with Gasteiger partial charge in [-0.2, -0.15) is 5.10 Å². The molecule has 0 aliphatic rings. The number of nitro benzene ring substituents is 1. The fraction of sp³-hybridized carbons (Fsp3) is 0.0667. The van der Waals surface area contributed by atoms with Crippen LogP contribution in [0.3, 0.4) is 0 Å². The SMILES string of the molecule is O=C(Cc1[nH]nc2ccccc12)Nc1cccc([N+](=O)[O-])c1. The number of carbonyl (C=O) groups excluding carboxylic acids is 1. The number of para-hydroxylation sites is 1. The van der Waals surface area contributed by atoms with Crippen LogP contribution in [-0.4, -0.2) is 21.0 Å². The van der Waals surface area contributed by atoms with Crippen LogP contribution in [0.15, 0.2) is 48.5 Å². The number of anilines is 1. The van der Waals surface area contributed by atoms with Crippen molar-refractivity contribution >= 4 is 28.2 Å². The van der Waals surface area contributed by atoms with Crippen LogP contribution in [-0.2, 0) is 11.2 Å². The molecule has 22 heavy (non-hydrogen) atoms. The lowest BCUT2D eigenvalue weighted by Crippen LogP contribution is -2.14. The summed E-state index contributed by atoms with van der Waals surface area (Å²) in [5.41, 5.74) is 1.83. The number of aromatic nitrogens is 2. The lowest BCUT2D eigenvalue weighted by atomic mass is 10.1. The van der Waals surface area contributed by atoms with Crippen LogP contribution in [0.2, 0.25) is 0 Å². The Bertz CT molecular complexity index is 857. The van der Waals surface area contributed by atoms with Gasteiger partial charge in [0.25, 0.3) is 5.69 Å². The molecule has 0 aliphatic heterocycles. The maximum absolute atomic E-state index is 12.1. The molecule has 0 aliphatic carbocycles. The Morgan fingerprint density at radius 2 is 2.05 bits per heavy atom. The van der Waals surface area contributed by atoms with E-state index in [0.717, 1.165) is 10.9 Å². The van der Waals surface area contributed by atoms with Gasteiger partial charge in [-0.3, -0.25) is 20.0 Å². The molecule has 0 unspecified atom stereocenters. The van der Waals surface area contributed by atoms with Crippen molar-refractivity contribution in [1.29, 1.82) is 0 Å². The molecule has 2 aromatic carbocycles. The summed E-state index contributed by atoms with van der Waals surface area (Å²) >= 11 is 0. The molecule has 1 aromatic heterocycles. The maximum Gasteiger partial charge on any atom is 0.271 e. The number of fused-ring (bicyclic) bond motifs is 1. The number of hydrogen-bond acceptors (Lipinski definition) is 4. The van der Waals surface area contributed by atoms with Gasteiger partial charge in [-0.1, -0.05) is 24.3 Å². The van der Waals surface area contributed by atoms with Gasteiger partial charge in [0.1, 0.15) is 0 Å². The normalized spacial score (nSPS) is 10.5. The van der Waals surface area contributed by atoms with Gasteiger partial charge in [0.15, 0.2) is 0 Å². The molecule has 0 atom stereocenters. The molecule has 0 fully saturated rings. The van der Waals surface area contributed by atoms with E-state index < -0.39 is 4.92 Å². The van der Waals surface area contributed by atoms with Gasteiger partial charge in [0.05, 0.1) is 22.6 Å². The van der Waals surface area contributed by atoms with E-state index in [9.17, 15) is 14.9 Å². The van der Waals surface area contributed by atoms with E-state index in [1.807, 2.05) is 24.3 Å². The van der Waals surface area contributed by atoms with E-state index in [-0.39, 0.29) is 18.0 Å². The monoisotopic (exact) mass is 296 g/mol. The van der Waals surface area contributed by atoms with Crippen molar-refractivity contribution in [2.45, 2.75) is 6.42 Å². The number of amides is 1. The molecule has 110 valence electrons. The Hall–Kier alpha value is -3.22. The summed E-state index contributed by atoms with van der Waals surface area (Å²) in [6.07, 6.45) is 0.114. The lowest BCUT2D eigenvalue weighted by molar-refractivity contribution is -0.384. The van der Waals surface area contributed by atoms with Crippen molar-refractivity contribution in [2.75, 3.05) is 5.32 Å². The van der Waals surface area contributed by atoms with Gasteiger partial charge in [0, 0.05) is 23.2 Å². The molecule has 1 amide bonds. The molecule has 0 spiro atoms. The minimum absolute atomic E-state index is 0.0650. The van der Waals surface area contributed by atoms with Crippen LogP contribution >= 0.6 is 0 Å². The minimum Gasteiger partial charge on any atom is -0.326 e. The molecule has 0 radical (unpaired) electrons. The third-order valence-corrected chi connectivity index (χ3v) is 3.22. The highest BCUT2D eigenvalue weighted by Crippen LogP contribution is 2.19. The molecule has 2 N–H and O–H groups in total. The van der Waals surface area contributed by atoms with Crippen molar-refractivity contribution in [3.8, 4) is 0 Å². The molecule has 0 bridgehead atoms. The molecule has 0 saturated heterocycles. The largest absolute Gasteiger partial charge is 0.326 e. The summed E-state index contributed by atoms with van der Waals surface area (Å²) in [4.78, 5) is 22.3. The number of rotatable bonds is 4. The average Bonchev–Trinajstić information content (AvgIpc) is 2.91. The number of H-pyrrole nitrogens is 1. The van der Waals surface area contributed by atoms with Crippen LogP contribution in [0.25, 0.3) is 10.9 Å².